The third-order valence-corrected chi connectivity index (χ3v) is 3.61. The summed E-state index contributed by atoms with van der Waals surface area (Å²) in [5, 5.41) is 4.31. The first-order chi connectivity index (χ1) is 9.21. The third-order valence-electron chi connectivity index (χ3n) is 3.00. The molecule has 1 aromatic carbocycles. The molecule has 0 aliphatic heterocycles. The number of nitrogens with two attached hydrogens (primary N) is 1. The zero-order chi connectivity index (χ0) is 13.8. The van der Waals surface area contributed by atoms with Gasteiger partial charge in [0.15, 0.2) is 0 Å². The maximum Gasteiger partial charge on any atom is 0.119 e. The number of hydrogen-bond acceptors (Lipinski definition) is 4. The van der Waals surface area contributed by atoms with Crippen molar-refractivity contribution in [3.63, 3.8) is 0 Å². The summed E-state index contributed by atoms with van der Waals surface area (Å²) in [6.07, 6.45) is 1.78. The minimum absolute atomic E-state index is 0.146. The second-order valence-corrected chi connectivity index (χ2v) is 4.92. The number of nitrogens with zero attached hydrogens (tertiary/aromatic N) is 2. The lowest BCUT2D eigenvalue weighted by molar-refractivity contribution is 0.413. The van der Waals surface area contributed by atoms with Crippen molar-refractivity contribution in [1.82, 2.24) is 15.2 Å². The fourth-order valence-electron chi connectivity index (χ4n) is 2.07. The summed E-state index contributed by atoms with van der Waals surface area (Å²) >= 11 is 3.52. The van der Waals surface area contributed by atoms with Gasteiger partial charge in [-0.3, -0.25) is 10.5 Å². The molecule has 1 heterocycles. The van der Waals surface area contributed by atoms with Crippen molar-refractivity contribution >= 4 is 15.9 Å². The van der Waals surface area contributed by atoms with Crippen LogP contribution in [0.3, 0.4) is 0 Å². The lowest BCUT2D eigenvalue weighted by Gasteiger charge is -2.19. The largest absolute Gasteiger partial charge is 0.497 e. The van der Waals surface area contributed by atoms with Crippen molar-refractivity contribution in [3.05, 3.63) is 46.2 Å². The van der Waals surface area contributed by atoms with Crippen LogP contribution in [0.25, 0.3) is 0 Å². The molecule has 5 nitrogen and oxygen atoms in total. The van der Waals surface area contributed by atoms with Gasteiger partial charge in [-0.1, -0.05) is 12.1 Å². The Bertz CT molecular complexity index is 555. The topological polar surface area (TPSA) is 65.1 Å². The van der Waals surface area contributed by atoms with E-state index in [0.717, 1.165) is 28.0 Å². The molecule has 0 saturated carbocycles. The van der Waals surface area contributed by atoms with Gasteiger partial charge in [-0.15, -0.1) is 0 Å². The second-order valence-electron chi connectivity index (χ2n) is 4.07. The van der Waals surface area contributed by atoms with Crippen LogP contribution in [-0.2, 0) is 6.54 Å². The Morgan fingerprint density at radius 3 is 2.95 bits per heavy atom. The van der Waals surface area contributed by atoms with Crippen molar-refractivity contribution in [2.75, 3.05) is 7.11 Å². The van der Waals surface area contributed by atoms with Gasteiger partial charge in [0.25, 0.3) is 0 Å². The number of hydrazine groups is 1. The summed E-state index contributed by atoms with van der Waals surface area (Å²) in [6, 6.07) is 7.67. The van der Waals surface area contributed by atoms with Gasteiger partial charge in [-0.2, -0.15) is 5.10 Å². The minimum Gasteiger partial charge on any atom is -0.497 e. The summed E-state index contributed by atoms with van der Waals surface area (Å²) in [7, 11) is 1.65. The van der Waals surface area contributed by atoms with Crippen LogP contribution in [0, 0.1) is 0 Å². The molecule has 0 spiro atoms. The van der Waals surface area contributed by atoms with Crippen molar-refractivity contribution in [3.8, 4) is 5.75 Å². The van der Waals surface area contributed by atoms with Crippen LogP contribution >= 0.6 is 15.9 Å². The van der Waals surface area contributed by atoms with Crippen LogP contribution < -0.4 is 16.0 Å². The Balaban J connectivity index is 2.46. The van der Waals surface area contributed by atoms with E-state index in [4.69, 9.17) is 10.6 Å². The molecule has 0 radical (unpaired) electrons. The van der Waals surface area contributed by atoms with Crippen molar-refractivity contribution in [2.45, 2.75) is 19.5 Å². The van der Waals surface area contributed by atoms with E-state index in [1.54, 1.807) is 13.3 Å². The zero-order valence-corrected chi connectivity index (χ0v) is 12.5. The zero-order valence-electron chi connectivity index (χ0n) is 10.9. The van der Waals surface area contributed by atoms with Crippen LogP contribution in [0.4, 0.5) is 0 Å². The van der Waals surface area contributed by atoms with Crippen molar-refractivity contribution < 1.29 is 4.74 Å². The molecule has 3 N–H and O–H groups in total. The van der Waals surface area contributed by atoms with E-state index in [1.807, 2.05) is 35.9 Å². The molecule has 6 heteroatoms. The fourth-order valence-corrected chi connectivity index (χ4v) is 2.59. The number of halogens is 1. The Morgan fingerprint density at radius 2 is 2.32 bits per heavy atom. The quantitative estimate of drug-likeness (QED) is 0.654. The highest BCUT2D eigenvalue weighted by Crippen LogP contribution is 2.29. The highest BCUT2D eigenvalue weighted by Gasteiger charge is 2.20. The molecule has 0 bridgehead atoms. The Morgan fingerprint density at radius 1 is 1.53 bits per heavy atom. The van der Waals surface area contributed by atoms with Gasteiger partial charge in [-0.05, 0) is 40.5 Å². The molecule has 2 rings (SSSR count). The number of aryl methyl sites for hydroxylation is 1. The Hall–Kier alpha value is -1.37. The summed E-state index contributed by atoms with van der Waals surface area (Å²) in [4.78, 5) is 0. The molecule has 2 aromatic rings. The number of benzene rings is 1. The molecular formula is C13H17BrN4O. The van der Waals surface area contributed by atoms with E-state index in [2.05, 4.69) is 26.5 Å². The molecule has 19 heavy (non-hydrogen) atoms. The second kappa shape index (κ2) is 6.18. The number of rotatable bonds is 5. The average Bonchev–Trinajstić information content (AvgIpc) is 2.82. The maximum absolute atomic E-state index is 5.73. The number of hydrogen-bond donors (Lipinski definition) is 2. The fraction of sp³-hybridized carbons (Fsp3) is 0.308. The van der Waals surface area contributed by atoms with Gasteiger partial charge in [0.2, 0.25) is 0 Å². The number of ether oxygens (including phenoxy) is 1. The van der Waals surface area contributed by atoms with Crippen molar-refractivity contribution in [2.24, 2.45) is 5.84 Å². The summed E-state index contributed by atoms with van der Waals surface area (Å²) in [5.74, 6) is 6.53. The molecule has 1 aromatic heterocycles. The van der Waals surface area contributed by atoms with Crippen LogP contribution in [-0.4, -0.2) is 16.9 Å². The number of methoxy groups -OCH3 is 1. The van der Waals surface area contributed by atoms with E-state index in [9.17, 15) is 0 Å². The summed E-state index contributed by atoms with van der Waals surface area (Å²) < 4.78 is 8.09. The van der Waals surface area contributed by atoms with Gasteiger partial charge in [0.1, 0.15) is 5.75 Å². The standard InChI is InChI=1S/C13H17BrN4O/c1-3-18-13(11(14)8-16-18)12(17-15)9-5-4-6-10(7-9)19-2/h4-8,12,17H,3,15H2,1-2H3. The smallest absolute Gasteiger partial charge is 0.119 e. The predicted molar refractivity (Wildman–Crippen MR) is 77.8 cm³/mol. The Kier molecular flexibility index (Phi) is 4.57. The molecule has 1 atom stereocenters. The van der Waals surface area contributed by atoms with Gasteiger partial charge >= 0.3 is 0 Å². The maximum atomic E-state index is 5.73. The van der Waals surface area contributed by atoms with Gasteiger partial charge in [0, 0.05) is 6.54 Å². The van der Waals surface area contributed by atoms with Crippen LogP contribution in [0.5, 0.6) is 5.75 Å². The van der Waals surface area contributed by atoms with Gasteiger partial charge < -0.3 is 4.74 Å². The van der Waals surface area contributed by atoms with Crippen LogP contribution in [0.1, 0.15) is 24.2 Å². The SMILES string of the molecule is CCn1ncc(Br)c1C(NN)c1cccc(OC)c1. The molecule has 1 unspecified atom stereocenters. The van der Waals surface area contributed by atoms with Crippen molar-refractivity contribution in [1.29, 1.82) is 0 Å². The predicted octanol–water partition coefficient (Wildman–Crippen LogP) is 2.23. The first-order valence-corrected chi connectivity index (χ1v) is 6.81. The first-order valence-electron chi connectivity index (χ1n) is 6.02. The van der Waals surface area contributed by atoms with E-state index in [0.29, 0.717) is 0 Å². The number of nitrogens with one attached hydrogen (secondary N) is 1. The minimum atomic E-state index is -0.146. The molecule has 0 amide bonds. The highest BCUT2D eigenvalue weighted by atomic mass is 79.9. The highest BCUT2D eigenvalue weighted by molar-refractivity contribution is 9.10. The average molecular weight is 325 g/mol. The summed E-state index contributed by atoms with van der Waals surface area (Å²) in [5.41, 5.74) is 4.87. The van der Waals surface area contributed by atoms with E-state index in [-0.39, 0.29) is 6.04 Å². The van der Waals surface area contributed by atoms with E-state index in [1.165, 1.54) is 0 Å². The lowest BCUT2D eigenvalue weighted by Crippen LogP contribution is -2.31. The summed E-state index contributed by atoms with van der Waals surface area (Å²) in [6.45, 7) is 2.82. The number of aromatic nitrogens is 2. The van der Waals surface area contributed by atoms with Crippen LogP contribution in [0.15, 0.2) is 34.9 Å². The molecule has 0 aliphatic rings. The van der Waals surface area contributed by atoms with Crippen LogP contribution in [0.2, 0.25) is 0 Å². The molecule has 0 aliphatic carbocycles. The van der Waals surface area contributed by atoms with Gasteiger partial charge in [0.05, 0.1) is 29.5 Å². The molecule has 0 fully saturated rings. The normalized spacial score (nSPS) is 12.4. The van der Waals surface area contributed by atoms with Gasteiger partial charge in [-0.25, -0.2) is 5.43 Å². The molecular weight excluding hydrogens is 308 g/mol. The lowest BCUT2D eigenvalue weighted by atomic mass is 10.0. The Labute approximate surface area is 120 Å². The monoisotopic (exact) mass is 324 g/mol. The van der Waals surface area contributed by atoms with E-state index >= 15 is 0 Å². The van der Waals surface area contributed by atoms with E-state index < -0.39 is 0 Å². The molecule has 0 saturated heterocycles. The third kappa shape index (κ3) is 2.80. The first kappa shape index (κ1) is 14.0. The molecule has 102 valence electrons.